The number of rotatable bonds is 6. The van der Waals surface area contributed by atoms with Crippen molar-refractivity contribution in [1.82, 2.24) is 4.90 Å². The van der Waals surface area contributed by atoms with Gasteiger partial charge in [0.25, 0.3) is 11.7 Å². The molecular formula is C22H25N2O5+. The number of ether oxygens (including phenoxy) is 1. The van der Waals surface area contributed by atoms with Crippen LogP contribution >= 0.6 is 0 Å². The van der Waals surface area contributed by atoms with Crippen LogP contribution in [0.5, 0.6) is 0 Å². The van der Waals surface area contributed by atoms with Crippen LogP contribution in [0.1, 0.15) is 23.8 Å². The molecule has 0 bridgehead atoms. The number of furan rings is 1. The molecule has 4 rings (SSSR count). The van der Waals surface area contributed by atoms with Crippen molar-refractivity contribution in [3.63, 3.8) is 0 Å². The normalized spacial score (nSPS) is 22.3. The molecule has 1 aromatic carbocycles. The maximum atomic E-state index is 12.8. The van der Waals surface area contributed by atoms with E-state index in [0.717, 1.165) is 39.3 Å². The largest absolute Gasteiger partial charge is 0.507 e. The van der Waals surface area contributed by atoms with Crippen molar-refractivity contribution < 1.29 is 28.7 Å². The van der Waals surface area contributed by atoms with Gasteiger partial charge in [-0.15, -0.1) is 0 Å². The molecule has 7 nitrogen and oxygen atoms in total. The first-order chi connectivity index (χ1) is 14.2. The molecule has 152 valence electrons. The molecule has 2 saturated heterocycles. The molecule has 2 fully saturated rings. The predicted octanol–water partition coefficient (Wildman–Crippen LogP) is 1.01. The number of nitrogens with zero attached hydrogens (tertiary/aromatic N) is 1. The third kappa shape index (κ3) is 3.97. The Kier molecular flexibility index (Phi) is 5.78. The van der Waals surface area contributed by atoms with Crippen molar-refractivity contribution >= 4 is 17.4 Å². The van der Waals surface area contributed by atoms with Gasteiger partial charge in [0.05, 0.1) is 31.6 Å². The molecule has 2 aliphatic heterocycles. The van der Waals surface area contributed by atoms with Crippen LogP contribution in [0.2, 0.25) is 0 Å². The highest BCUT2D eigenvalue weighted by Gasteiger charge is 2.47. The fraction of sp³-hybridized carbons (Fsp3) is 0.364. The highest BCUT2D eigenvalue weighted by atomic mass is 16.5. The summed E-state index contributed by atoms with van der Waals surface area (Å²) in [6.07, 6.45) is 2.26. The van der Waals surface area contributed by atoms with Crippen LogP contribution < -0.4 is 4.90 Å². The number of amides is 1. The molecule has 29 heavy (non-hydrogen) atoms. The summed E-state index contributed by atoms with van der Waals surface area (Å²) in [5, 5.41) is 10.8. The quantitative estimate of drug-likeness (QED) is 0.432. The van der Waals surface area contributed by atoms with E-state index in [4.69, 9.17) is 9.15 Å². The number of Topliss-reactive ketones (excluding diaryl/α,β-unsaturated/α-hetero) is 1. The van der Waals surface area contributed by atoms with Crippen molar-refractivity contribution in [2.75, 3.05) is 39.4 Å². The number of hydrogen-bond donors (Lipinski definition) is 2. The zero-order valence-corrected chi connectivity index (χ0v) is 16.2. The highest BCUT2D eigenvalue weighted by Crippen LogP contribution is 2.39. The fourth-order valence-electron chi connectivity index (χ4n) is 4.01. The zero-order valence-electron chi connectivity index (χ0n) is 16.2. The maximum Gasteiger partial charge on any atom is 0.295 e. The average molecular weight is 397 g/mol. The summed E-state index contributed by atoms with van der Waals surface area (Å²) in [5.74, 6) is -0.973. The highest BCUT2D eigenvalue weighted by molar-refractivity contribution is 6.46. The van der Waals surface area contributed by atoms with E-state index in [1.54, 1.807) is 36.4 Å². The number of quaternary nitrogens is 1. The van der Waals surface area contributed by atoms with Gasteiger partial charge in [0.2, 0.25) is 0 Å². The van der Waals surface area contributed by atoms with Crippen LogP contribution in [0.4, 0.5) is 0 Å². The Balaban J connectivity index is 1.60. The summed E-state index contributed by atoms with van der Waals surface area (Å²) in [6, 6.07) is 11.5. The molecule has 2 N–H and O–H groups in total. The number of hydrogen-bond acceptors (Lipinski definition) is 5. The van der Waals surface area contributed by atoms with Crippen molar-refractivity contribution in [3.05, 3.63) is 65.6 Å². The monoisotopic (exact) mass is 397 g/mol. The average Bonchev–Trinajstić information content (AvgIpc) is 3.37. The van der Waals surface area contributed by atoms with Crippen LogP contribution in [0.3, 0.4) is 0 Å². The van der Waals surface area contributed by atoms with E-state index in [0.29, 0.717) is 17.9 Å². The van der Waals surface area contributed by atoms with E-state index < -0.39 is 17.7 Å². The number of aliphatic hydroxyl groups excluding tert-OH is 1. The SMILES string of the molecule is O=C1C(=O)N(CCC[NH+]2CCOCC2)[C@H](c2ccco2)/C1=C(\O)c1ccccc1. The van der Waals surface area contributed by atoms with Crippen LogP contribution in [0.25, 0.3) is 5.76 Å². The maximum absolute atomic E-state index is 12.8. The summed E-state index contributed by atoms with van der Waals surface area (Å²) in [7, 11) is 0. The molecule has 2 aromatic rings. The van der Waals surface area contributed by atoms with Gasteiger partial charge in [-0.3, -0.25) is 9.59 Å². The lowest BCUT2D eigenvalue weighted by Gasteiger charge is -2.26. The standard InChI is InChI=1S/C22H24N2O5/c25-20(16-6-2-1-3-7-16)18-19(17-8-4-13-29-17)24(22(27)21(18)26)10-5-9-23-11-14-28-15-12-23/h1-4,6-8,13,19,25H,5,9-12,14-15H2/p+1/b20-18+/t19-/m1/s1. The molecule has 0 radical (unpaired) electrons. The van der Waals surface area contributed by atoms with Crippen LogP contribution in [-0.4, -0.2) is 61.1 Å². The Labute approximate surface area is 169 Å². The van der Waals surface area contributed by atoms with E-state index in [-0.39, 0.29) is 11.3 Å². The van der Waals surface area contributed by atoms with Crippen LogP contribution in [0, 0.1) is 0 Å². The Bertz CT molecular complexity index is 885. The lowest BCUT2D eigenvalue weighted by atomic mass is 9.99. The lowest BCUT2D eigenvalue weighted by Crippen LogP contribution is -3.14. The van der Waals surface area contributed by atoms with Gasteiger partial charge in [-0.1, -0.05) is 30.3 Å². The Hall–Kier alpha value is -2.90. The molecule has 1 aromatic heterocycles. The second-order valence-electron chi connectivity index (χ2n) is 7.34. The first-order valence-electron chi connectivity index (χ1n) is 9.95. The fourth-order valence-corrected chi connectivity index (χ4v) is 4.01. The number of nitrogens with one attached hydrogen (secondary N) is 1. The first kappa shape index (κ1) is 19.4. The number of carbonyl (C=O) groups is 2. The molecule has 0 aliphatic carbocycles. The number of benzene rings is 1. The van der Waals surface area contributed by atoms with Gasteiger partial charge in [-0.25, -0.2) is 0 Å². The molecule has 0 spiro atoms. The van der Waals surface area contributed by atoms with Crippen molar-refractivity contribution in [3.8, 4) is 0 Å². The van der Waals surface area contributed by atoms with Gasteiger partial charge in [0, 0.05) is 18.5 Å². The molecule has 3 heterocycles. The molecule has 7 heteroatoms. The number of morpholine rings is 1. The number of carbonyl (C=O) groups excluding carboxylic acids is 2. The van der Waals surface area contributed by atoms with E-state index >= 15 is 0 Å². The molecule has 0 unspecified atom stereocenters. The summed E-state index contributed by atoms with van der Waals surface area (Å²) >= 11 is 0. The van der Waals surface area contributed by atoms with Crippen LogP contribution in [0.15, 0.2) is 58.7 Å². The smallest absolute Gasteiger partial charge is 0.295 e. The van der Waals surface area contributed by atoms with Gasteiger partial charge in [-0.2, -0.15) is 0 Å². The topological polar surface area (TPSA) is 84.4 Å². The van der Waals surface area contributed by atoms with Gasteiger partial charge in [0.15, 0.2) is 0 Å². The van der Waals surface area contributed by atoms with Crippen LogP contribution in [-0.2, 0) is 14.3 Å². The summed E-state index contributed by atoms with van der Waals surface area (Å²) in [5.41, 5.74) is 0.578. The van der Waals surface area contributed by atoms with Gasteiger partial charge >= 0.3 is 0 Å². The Morgan fingerprint density at radius 2 is 1.86 bits per heavy atom. The summed E-state index contributed by atoms with van der Waals surface area (Å²) in [4.78, 5) is 28.6. The second-order valence-corrected chi connectivity index (χ2v) is 7.34. The number of aliphatic hydroxyl groups is 1. The lowest BCUT2D eigenvalue weighted by molar-refractivity contribution is -0.908. The molecule has 2 aliphatic rings. The van der Waals surface area contributed by atoms with Gasteiger partial charge < -0.3 is 24.1 Å². The van der Waals surface area contributed by atoms with Gasteiger partial charge in [-0.05, 0) is 12.1 Å². The minimum atomic E-state index is -0.718. The van der Waals surface area contributed by atoms with Crippen molar-refractivity contribution in [2.24, 2.45) is 0 Å². The van der Waals surface area contributed by atoms with E-state index in [1.165, 1.54) is 16.1 Å². The molecule has 1 amide bonds. The Morgan fingerprint density at radius 1 is 1.10 bits per heavy atom. The Morgan fingerprint density at radius 3 is 2.55 bits per heavy atom. The minimum Gasteiger partial charge on any atom is -0.507 e. The predicted molar refractivity (Wildman–Crippen MR) is 105 cm³/mol. The van der Waals surface area contributed by atoms with Crippen molar-refractivity contribution in [1.29, 1.82) is 0 Å². The third-order valence-electron chi connectivity index (χ3n) is 5.53. The first-order valence-corrected chi connectivity index (χ1v) is 9.95. The zero-order chi connectivity index (χ0) is 20.2. The number of ketones is 1. The van der Waals surface area contributed by atoms with Crippen molar-refractivity contribution in [2.45, 2.75) is 12.5 Å². The molecule has 1 atom stereocenters. The molecule has 0 saturated carbocycles. The second kappa shape index (κ2) is 8.63. The minimum absolute atomic E-state index is 0.0786. The third-order valence-corrected chi connectivity index (χ3v) is 5.53. The van der Waals surface area contributed by atoms with E-state index in [1.807, 2.05) is 6.07 Å². The van der Waals surface area contributed by atoms with E-state index in [9.17, 15) is 14.7 Å². The summed E-state index contributed by atoms with van der Waals surface area (Å²) < 4.78 is 10.9. The molecular weight excluding hydrogens is 372 g/mol. The number of likely N-dealkylation sites (tertiary alicyclic amines) is 1. The van der Waals surface area contributed by atoms with Gasteiger partial charge in [0.1, 0.15) is 30.7 Å². The summed E-state index contributed by atoms with van der Waals surface area (Å²) in [6.45, 7) is 4.73. The van der Waals surface area contributed by atoms with E-state index in [2.05, 4.69) is 0 Å².